The van der Waals surface area contributed by atoms with E-state index in [0.29, 0.717) is 24.2 Å². The monoisotopic (exact) mass is 321 g/mol. The Kier molecular flexibility index (Phi) is 5.37. The average molecular weight is 321 g/mol. The zero-order chi connectivity index (χ0) is 15.4. The lowest BCUT2D eigenvalue weighted by Crippen LogP contribution is -2.47. The summed E-state index contributed by atoms with van der Waals surface area (Å²) in [5, 5.41) is 9.09. The van der Waals surface area contributed by atoms with Gasteiger partial charge in [-0.1, -0.05) is 13.0 Å². The highest BCUT2D eigenvalue weighted by molar-refractivity contribution is 7.09. The standard InChI is InChI=1S/C17H27N3OS/c1-3-18-17(20-15-10-13-6-7-16(15)21-13)19-11-12(2)9-14-5-4-8-22-14/h4-5,8,12-13,15-16H,3,6-7,9-11H2,1-2H3,(H2,18,19,20). The van der Waals surface area contributed by atoms with Crippen LogP contribution >= 0.6 is 11.3 Å². The molecule has 0 radical (unpaired) electrons. The number of ether oxygens (including phenoxy) is 1. The second-order valence-electron chi connectivity index (χ2n) is 6.47. The normalized spacial score (nSPS) is 28.8. The predicted octanol–water partition coefficient (Wildman–Crippen LogP) is 2.80. The van der Waals surface area contributed by atoms with Crippen molar-refractivity contribution in [2.24, 2.45) is 10.9 Å². The van der Waals surface area contributed by atoms with E-state index < -0.39 is 0 Å². The van der Waals surface area contributed by atoms with Gasteiger partial charge < -0.3 is 15.4 Å². The van der Waals surface area contributed by atoms with E-state index in [1.165, 1.54) is 17.7 Å². The highest BCUT2D eigenvalue weighted by atomic mass is 32.1. The molecule has 4 nitrogen and oxygen atoms in total. The topological polar surface area (TPSA) is 45.7 Å². The zero-order valence-corrected chi connectivity index (χ0v) is 14.4. The van der Waals surface area contributed by atoms with Gasteiger partial charge in [0, 0.05) is 18.0 Å². The average Bonchev–Trinajstić information content (AvgIpc) is 3.22. The summed E-state index contributed by atoms with van der Waals surface area (Å²) < 4.78 is 5.92. The highest BCUT2D eigenvalue weighted by Gasteiger charge is 2.41. The van der Waals surface area contributed by atoms with Crippen LogP contribution in [0.25, 0.3) is 0 Å². The Labute approximate surface area is 137 Å². The first kappa shape index (κ1) is 15.8. The highest BCUT2D eigenvalue weighted by Crippen LogP contribution is 2.34. The quantitative estimate of drug-likeness (QED) is 0.625. The third kappa shape index (κ3) is 4.02. The predicted molar refractivity (Wildman–Crippen MR) is 92.6 cm³/mol. The first-order valence-electron chi connectivity index (χ1n) is 8.47. The number of hydrogen-bond donors (Lipinski definition) is 2. The number of fused-ring (bicyclic) bond motifs is 2. The van der Waals surface area contributed by atoms with Crippen LogP contribution in [0.4, 0.5) is 0 Å². The molecule has 4 atom stereocenters. The van der Waals surface area contributed by atoms with Gasteiger partial charge in [0.05, 0.1) is 18.2 Å². The molecule has 122 valence electrons. The van der Waals surface area contributed by atoms with Crippen molar-refractivity contribution in [3.63, 3.8) is 0 Å². The Balaban J connectivity index is 1.51. The SMILES string of the molecule is CCNC(=NCC(C)Cc1cccs1)NC1CC2CCC1O2. The summed E-state index contributed by atoms with van der Waals surface area (Å²) in [6.45, 7) is 6.14. The number of nitrogens with zero attached hydrogens (tertiary/aromatic N) is 1. The number of nitrogens with one attached hydrogen (secondary N) is 2. The Morgan fingerprint density at radius 2 is 2.41 bits per heavy atom. The minimum absolute atomic E-state index is 0.386. The molecule has 0 spiro atoms. The molecule has 4 unspecified atom stereocenters. The first-order chi connectivity index (χ1) is 10.7. The summed E-state index contributed by atoms with van der Waals surface area (Å²) in [5.41, 5.74) is 0. The van der Waals surface area contributed by atoms with Gasteiger partial charge in [0.25, 0.3) is 0 Å². The molecular weight excluding hydrogens is 294 g/mol. The van der Waals surface area contributed by atoms with Crippen molar-refractivity contribution in [2.45, 2.75) is 57.8 Å². The lowest BCUT2D eigenvalue weighted by Gasteiger charge is -2.23. The molecule has 2 saturated heterocycles. The molecule has 0 saturated carbocycles. The van der Waals surface area contributed by atoms with E-state index in [9.17, 15) is 0 Å². The van der Waals surface area contributed by atoms with E-state index >= 15 is 0 Å². The van der Waals surface area contributed by atoms with Crippen LogP contribution in [0.1, 0.15) is 38.0 Å². The van der Waals surface area contributed by atoms with Crippen LogP contribution in [0.15, 0.2) is 22.5 Å². The Hall–Kier alpha value is -1.07. The molecule has 2 aliphatic rings. The third-order valence-electron chi connectivity index (χ3n) is 4.46. The van der Waals surface area contributed by atoms with Gasteiger partial charge in [0.2, 0.25) is 0 Å². The molecule has 0 aliphatic carbocycles. The van der Waals surface area contributed by atoms with E-state index in [1.807, 2.05) is 11.3 Å². The summed E-state index contributed by atoms with van der Waals surface area (Å²) in [4.78, 5) is 6.23. The molecule has 1 aromatic heterocycles. The molecular formula is C17H27N3OS. The van der Waals surface area contributed by atoms with Crippen molar-refractivity contribution in [1.82, 2.24) is 10.6 Å². The molecule has 22 heavy (non-hydrogen) atoms. The van der Waals surface area contributed by atoms with Gasteiger partial charge in [-0.2, -0.15) is 0 Å². The maximum absolute atomic E-state index is 5.92. The maximum Gasteiger partial charge on any atom is 0.191 e. The van der Waals surface area contributed by atoms with E-state index in [1.54, 1.807) is 0 Å². The lowest BCUT2D eigenvalue weighted by atomic mass is 9.96. The van der Waals surface area contributed by atoms with Gasteiger partial charge in [-0.05, 0) is 50.0 Å². The minimum atomic E-state index is 0.386. The Morgan fingerprint density at radius 1 is 1.50 bits per heavy atom. The van der Waals surface area contributed by atoms with E-state index in [2.05, 4.69) is 42.0 Å². The second-order valence-corrected chi connectivity index (χ2v) is 7.50. The summed E-state index contributed by atoms with van der Waals surface area (Å²) in [5.74, 6) is 1.51. The van der Waals surface area contributed by atoms with Crippen molar-refractivity contribution in [2.75, 3.05) is 13.1 Å². The number of guanidine groups is 1. The van der Waals surface area contributed by atoms with Gasteiger partial charge in [0.1, 0.15) is 0 Å². The largest absolute Gasteiger partial charge is 0.373 e. The Morgan fingerprint density at radius 3 is 3.05 bits per heavy atom. The van der Waals surface area contributed by atoms with Gasteiger partial charge in [0.15, 0.2) is 5.96 Å². The number of aliphatic imine (C=N–C) groups is 1. The van der Waals surface area contributed by atoms with Gasteiger partial charge in [-0.3, -0.25) is 4.99 Å². The Bertz CT molecular complexity index is 488. The molecule has 5 heteroatoms. The van der Waals surface area contributed by atoms with Gasteiger partial charge in [-0.25, -0.2) is 0 Å². The van der Waals surface area contributed by atoms with Crippen molar-refractivity contribution in [3.05, 3.63) is 22.4 Å². The fourth-order valence-electron chi connectivity index (χ4n) is 3.37. The molecule has 2 aliphatic heterocycles. The van der Waals surface area contributed by atoms with Crippen LogP contribution in [0, 0.1) is 5.92 Å². The third-order valence-corrected chi connectivity index (χ3v) is 5.36. The van der Waals surface area contributed by atoms with E-state index in [-0.39, 0.29) is 0 Å². The van der Waals surface area contributed by atoms with Crippen LogP contribution in [-0.2, 0) is 11.2 Å². The molecule has 3 rings (SSSR count). The molecule has 2 fully saturated rings. The van der Waals surface area contributed by atoms with E-state index in [4.69, 9.17) is 9.73 Å². The minimum Gasteiger partial charge on any atom is -0.373 e. The number of hydrogen-bond acceptors (Lipinski definition) is 3. The summed E-state index contributed by atoms with van der Waals surface area (Å²) in [6, 6.07) is 4.77. The smallest absolute Gasteiger partial charge is 0.191 e. The van der Waals surface area contributed by atoms with Crippen LogP contribution in [-0.4, -0.2) is 37.3 Å². The number of thiophene rings is 1. The van der Waals surface area contributed by atoms with Gasteiger partial charge in [-0.15, -0.1) is 11.3 Å². The summed E-state index contributed by atoms with van der Waals surface area (Å²) in [7, 11) is 0. The first-order valence-corrected chi connectivity index (χ1v) is 9.35. The zero-order valence-electron chi connectivity index (χ0n) is 13.5. The summed E-state index contributed by atoms with van der Waals surface area (Å²) in [6.07, 6.45) is 5.52. The van der Waals surface area contributed by atoms with Crippen LogP contribution in [0.5, 0.6) is 0 Å². The van der Waals surface area contributed by atoms with Crippen molar-refractivity contribution in [1.29, 1.82) is 0 Å². The molecule has 0 aromatic carbocycles. The van der Waals surface area contributed by atoms with Crippen LogP contribution in [0.3, 0.4) is 0 Å². The summed E-state index contributed by atoms with van der Waals surface area (Å²) >= 11 is 1.83. The fraction of sp³-hybridized carbons (Fsp3) is 0.706. The fourth-order valence-corrected chi connectivity index (χ4v) is 4.24. The molecule has 3 heterocycles. The van der Waals surface area contributed by atoms with Crippen molar-refractivity contribution < 1.29 is 4.74 Å². The molecule has 0 amide bonds. The van der Waals surface area contributed by atoms with E-state index in [0.717, 1.165) is 31.9 Å². The van der Waals surface area contributed by atoms with Crippen LogP contribution < -0.4 is 10.6 Å². The van der Waals surface area contributed by atoms with Crippen LogP contribution in [0.2, 0.25) is 0 Å². The maximum atomic E-state index is 5.92. The van der Waals surface area contributed by atoms with Crippen molar-refractivity contribution >= 4 is 17.3 Å². The number of rotatable bonds is 6. The molecule has 2 N–H and O–H groups in total. The molecule has 1 aromatic rings. The molecule has 2 bridgehead atoms. The lowest BCUT2D eigenvalue weighted by molar-refractivity contribution is 0.0992. The van der Waals surface area contributed by atoms with Gasteiger partial charge >= 0.3 is 0 Å². The second kappa shape index (κ2) is 7.47. The van der Waals surface area contributed by atoms with Crippen molar-refractivity contribution in [3.8, 4) is 0 Å².